The lowest BCUT2D eigenvalue weighted by Crippen LogP contribution is -2.47. The van der Waals surface area contributed by atoms with E-state index in [9.17, 15) is 9.90 Å². The highest BCUT2D eigenvalue weighted by Crippen LogP contribution is 2.12. The maximum Gasteiger partial charge on any atom is 0.237 e. The Morgan fingerprint density at radius 1 is 1.30 bits per heavy atom. The van der Waals surface area contributed by atoms with Gasteiger partial charge in [0.15, 0.2) is 0 Å². The molecule has 0 spiro atoms. The topological polar surface area (TPSA) is 75.4 Å². The summed E-state index contributed by atoms with van der Waals surface area (Å²) in [6.07, 6.45) is 2.61. The second-order valence-electron chi connectivity index (χ2n) is 5.53. The molecule has 112 valence electrons. The van der Waals surface area contributed by atoms with E-state index < -0.39 is 6.04 Å². The standard InChI is InChI=1S/C16H26N2O2/c1-4-11(2)15(17)16(20)18-12(3)5-6-13-7-9-14(19)10-8-13/h7-12,15,19H,4-6,17H2,1-3H3,(H,18,20)/t11-,12?,15-/m0/s1. The Hall–Kier alpha value is -1.55. The van der Waals surface area contributed by atoms with Crippen molar-refractivity contribution >= 4 is 5.91 Å². The van der Waals surface area contributed by atoms with Crippen LogP contribution in [0.25, 0.3) is 0 Å². The number of carbonyl (C=O) groups excluding carboxylic acids is 1. The van der Waals surface area contributed by atoms with Crippen molar-refractivity contribution in [3.05, 3.63) is 29.8 Å². The number of rotatable bonds is 7. The fourth-order valence-corrected chi connectivity index (χ4v) is 1.97. The van der Waals surface area contributed by atoms with Crippen molar-refractivity contribution < 1.29 is 9.90 Å². The van der Waals surface area contributed by atoms with Crippen LogP contribution in [-0.4, -0.2) is 23.1 Å². The molecule has 0 saturated heterocycles. The third kappa shape index (κ3) is 5.21. The summed E-state index contributed by atoms with van der Waals surface area (Å²) in [6, 6.07) is 6.81. The van der Waals surface area contributed by atoms with Gasteiger partial charge in [0.25, 0.3) is 0 Å². The summed E-state index contributed by atoms with van der Waals surface area (Å²) in [5, 5.41) is 12.2. The minimum absolute atomic E-state index is 0.0717. The molecule has 0 aliphatic carbocycles. The highest BCUT2D eigenvalue weighted by atomic mass is 16.3. The maximum absolute atomic E-state index is 11.9. The van der Waals surface area contributed by atoms with Gasteiger partial charge in [-0.25, -0.2) is 0 Å². The molecule has 20 heavy (non-hydrogen) atoms. The Balaban J connectivity index is 2.38. The number of phenols is 1. The Morgan fingerprint density at radius 3 is 2.45 bits per heavy atom. The molecular formula is C16H26N2O2. The number of amides is 1. The van der Waals surface area contributed by atoms with Gasteiger partial charge in [-0.3, -0.25) is 4.79 Å². The van der Waals surface area contributed by atoms with Crippen molar-refractivity contribution in [2.45, 2.75) is 52.1 Å². The summed E-state index contributed by atoms with van der Waals surface area (Å²) in [5.41, 5.74) is 7.05. The van der Waals surface area contributed by atoms with E-state index in [4.69, 9.17) is 5.73 Å². The third-order valence-corrected chi connectivity index (χ3v) is 3.75. The molecule has 4 nitrogen and oxygen atoms in total. The lowest BCUT2D eigenvalue weighted by molar-refractivity contribution is -0.124. The largest absolute Gasteiger partial charge is 0.508 e. The zero-order chi connectivity index (χ0) is 15.1. The molecule has 0 fully saturated rings. The number of hydrogen-bond acceptors (Lipinski definition) is 3. The zero-order valence-corrected chi connectivity index (χ0v) is 12.6. The van der Waals surface area contributed by atoms with Crippen molar-refractivity contribution in [2.24, 2.45) is 11.7 Å². The van der Waals surface area contributed by atoms with E-state index in [1.54, 1.807) is 12.1 Å². The van der Waals surface area contributed by atoms with Crippen LogP contribution in [-0.2, 0) is 11.2 Å². The van der Waals surface area contributed by atoms with Crippen LogP contribution >= 0.6 is 0 Å². The highest BCUT2D eigenvalue weighted by Gasteiger charge is 2.20. The number of aryl methyl sites for hydroxylation is 1. The molecule has 0 aliphatic heterocycles. The minimum atomic E-state index is -0.434. The summed E-state index contributed by atoms with van der Waals surface area (Å²) in [4.78, 5) is 11.9. The van der Waals surface area contributed by atoms with Gasteiger partial charge in [-0.05, 0) is 43.4 Å². The lowest BCUT2D eigenvalue weighted by atomic mass is 9.98. The monoisotopic (exact) mass is 278 g/mol. The van der Waals surface area contributed by atoms with Crippen LogP contribution < -0.4 is 11.1 Å². The first kappa shape index (κ1) is 16.5. The first-order valence-electron chi connectivity index (χ1n) is 7.27. The van der Waals surface area contributed by atoms with Gasteiger partial charge in [0, 0.05) is 6.04 Å². The molecule has 1 aromatic carbocycles. The smallest absolute Gasteiger partial charge is 0.237 e. The van der Waals surface area contributed by atoms with Crippen LogP contribution in [0.4, 0.5) is 0 Å². The molecule has 1 unspecified atom stereocenters. The predicted octanol–water partition coefficient (Wildman–Crippen LogP) is 2.20. The Kier molecular flexibility index (Phi) is 6.52. The molecule has 1 amide bonds. The molecule has 1 rings (SSSR count). The SMILES string of the molecule is CC[C@H](C)[C@H](N)C(=O)NC(C)CCc1ccc(O)cc1. The molecular weight excluding hydrogens is 252 g/mol. The molecule has 4 heteroatoms. The van der Waals surface area contributed by atoms with Crippen molar-refractivity contribution in [3.8, 4) is 5.75 Å². The quantitative estimate of drug-likeness (QED) is 0.715. The molecule has 0 aliphatic rings. The molecule has 4 N–H and O–H groups in total. The maximum atomic E-state index is 11.9. The molecule has 3 atom stereocenters. The first-order valence-corrected chi connectivity index (χ1v) is 7.27. The van der Waals surface area contributed by atoms with E-state index >= 15 is 0 Å². The Labute approximate surface area is 121 Å². The summed E-state index contributed by atoms with van der Waals surface area (Å²) in [7, 11) is 0. The number of benzene rings is 1. The van der Waals surface area contributed by atoms with Crippen LogP contribution in [0, 0.1) is 5.92 Å². The van der Waals surface area contributed by atoms with Crippen molar-refractivity contribution in [1.29, 1.82) is 0 Å². The fourth-order valence-electron chi connectivity index (χ4n) is 1.97. The van der Waals surface area contributed by atoms with Gasteiger partial charge in [0.1, 0.15) is 5.75 Å². The van der Waals surface area contributed by atoms with E-state index in [0.29, 0.717) is 0 Å². The average molecular weight is 278 g/mol. The van der Waals surface area contributed by atoms with Gasteiger partial charge in [-0.15, -0.1) is 0 Å². The van der Waals surface area contributed by atoms with Crippen LogP contribution in [0.15, 0.2) is 24.3 Å². The van der Waals surface area contributed by atoms with Crippen LogP contribution in [0.3, 0.4) is 0 Å². The van der Waals surface area contributed by atoms with E-state index in [1.165, 1.54) is 0 Å². The molecule has 0 aromatic heterocycles. The number of carbonyl (C=O) groups is 1. The minimum Gasteiger partial charge on any atom is -0.508 e. The first-order chi connectivity index (χ1) is 9.43. The normalized spacial score (nSPS) is 15.4. The van der Waals surface area contributed by atoms with Gasteiger partial charge in [0.2, 0.25) is 5.91 Å². The number of phenolic OH excluding ortho intramolecular Hbond substituents is 1. The van der Waals surface area contributed by atoms with E-state index in [1.807, 2.05) is 32.9 Å². The predicted molar refractivity (Wildman–Crippen MR) is 81.5 cm³/mol. The summed E-state index contributed by atoms with van der Waals surface area (Å²) in [6.45, 7) is 6.01. The highest BCUT2D eigenvalue weighted by molar-refractivity contribution is 5.82. The van der Waals surface area contributed by atoms with E-state index in [-0.39, 0.29) is 23.6 Å². The lowest BCUT2D eigenvalue weighted by Gasteiger charge is -2.21. The number of nitrogens with one attached hydrogen (secondary N) is 1. The molecule has 0 saturated carbocycles. The van der Waals surface area contributed by atoms with Crippen molar-refractivity contribution in [1.82, 2.24) is 5.32 Å². The Morgan fingerprint density at radius 2 is 1.90 bits per heavy atom. The third-order valence-electron chi connectivity index (χ3n) is 3.75. The fraction of sp³-hybridized carbons (Fsp3) is 0.562. The zero-order valence-electron chi connectivity index (χ0n) is 12.6. The van der Waals surface area contributed by atoms with Crippen molar-refractivity contribution in [3.63, 3.8) is 0 Å². The van der Waals surface area contributed by atoms with E-state index in [0.717, 1.165) is 24.8 Å². The second kappa shape index (κ2) is 7.90. The Bertz CT molecular complexity index is 417. The number of aromatic hydroxyl groups is 1. The van der Waals surface area contributed by atoms with Gasteiger partial charge in [-0.1, -0.05) is 32.4 Å². The number of hydrogen-bond donors (Lipinski definition) is 3. The van der Waals surface area contributed by atoms with Crippen molar-refractivity contribution in [2.75, 3.05) is 0 Å². The van der Waals surface area contributed by atoms with Gasteiger partial charge < -0.3 is 16.2 Å². The summed E-state index contributed by atoms with van der Waals surface area (Å²) in [5.74, 6) is 0.395. The van der Waals surface area contributed by atoms with Crippen LogP contribution in [0.5, 0.6) is 5.75 Å². The van der Waals surface area contributed by atoms with Crippen LogP contribution in [0.2, 0.25) is 0 Å². The number of nitrogens with two attached hydrogens (primary N) is 1. The molecule has 0 bridgehead atoms. The average Bonchev–Trinajstić information content (AvgIpc) is 2.44. The molecule has 0 heterocycles. The van der Waals surface area contributed by atoms with Gasteiger partial charge in [-0.2, -0.15) is 0 Å². The van der Waals surface area contributed by atoms with E-state index in [2.05, 4.69) is 5.32 Å². The van der Waals surface area contributed by atoms with Gasteiger partial charge in [0.05, 0.1) is 6.04 Å². The summed E-state index contributed by atoms with van der Waals surface area (Å²) < 4.78 is 0. The molecule has 0 radical (unpaired) electrons. The van der Waals surface area contributed by atoms with Crippen LogP contribution in [0.1, 0.15) is 39.2 Å². The summed E-state index contributed by atoms with van der Waals surface area (Å²) >= 11 is 0. The second-order valence-corrected chi connectivity index (χ2v) is 5.53. The molecule has 1 aromatic rings. The van der Waals surface area contributed by atoms with Gasteiger partial charge >= 0.3 is 0 Å².